The summed E-state index contributed by atoms with van der Waals surface area (Å²) >= 11 is 0. The van der Waals surface area contributed by atoms with E-state index in [1.54, 1.807) is 6.07 Å². The third-order valence-corrected chi connectivity index (χ3v) is 2.03. The molecule has 1 aromatic heterocycles. The molecule has 4 heteroatoms. The van der Waals surface area contributed by atoms with Gasteiger partial charge in [-0.05, 0) is 18.1 Å². The largest absolute Gasteiger partial charge is 0.477 e. The van der Waals surface area contributed by atoms with E-state index in [2.05, 4.69) is 11.9 Å². The average molecular weight is 194 g/mol. The van der Waals surface area contributed by atoms with Gasteiger partial charge in [0.2, 0.25) is 0 Å². The molecule has 0 spiro atoms. The van der Waals surface area contributed by atoms with Gasteiger partial charge in [-0.2, -0.15) is 0 Å². The molecule has 1 atom stereocenters. The van der Waals surface area contributed by atoms with E-state index in [1.807, 2.05) is 0 Å². The summed E-state index contributed by atoms with van der Waals surface area (Å²) in [6.07, 6.45) is 3.42. The zero-order valence-electron chi connectivity index (χ0n) is 8.10. The smallest absolute Gasteiger partial charge is 0.354 e. The van der Waals surface area contributed by atoms with Gasteiger partial charge in [-0.1, -0.05) is 19.4 Å². The first-order chi connectivity index (χ1) is 6.65. The molecule has 1 aromatic rings. The molecule has 0 aromatic carbocycles. The lowest BCUT2D eigenvalue weighted by atomic mass is 10.1. The number of carboxylic acids is 1. The van der Waals surface area contributed by atoms with Crippen LogP contribution in [0.1, 0.15) is 41.9 Å². The quantitative estimate of drug-likeness (QED) is 0.762. The maximum absolute atomic E-state index is 10.5. The lowest BCUT2D eigenvalue weighted by Gasteiger charge is -2.09. The molecular formula is C10H14N2O2. The van der Waals surface area contributed by atoms with Crippen LogP contribution in [0, 0.1) is 0 Å². The van der Waals surface area contributed by atoms with Crippen molar-refractivity contribution in [3.8, 4) is 0 Å². The van der Waals surface area contributed by atoms with Gasteiger partial charge in [0.05, 0.1) is 0 Å². The molecule has 0 radical (unpaired) electrons. The Morgan fingerprint density at radius 2 is 2.36 bits per heavy atom. The summed E-state index contributed by atoms with van der Waals surface area (Å²) in [5.41, 5.74) is 6.78. The second kappa shape index (κ2) is 4.72. The van der Waals surface area contributed by atoms with E-state index in [1.165, 1.54) is 12.3 Å². The molecule has 0 amide bonds. The first-order valence-corrected chi connectivity index (χ1v) is 4.60. The van der Waals surface area contributed by atoms with E-state index in [9.17, 15) is 4.79 Å². The second-order valence-electron chi connectivity index (χ2n) is 3.18. The van der Waals surface area contributed by atoms with Crippen molar-refractivity contribution >= 4 is 5.97 Å². The maximum Gasteiger partial charge on any atom is 0.354 e. The number of rotatable bonds is 4. The average Bonchev–Trinajstić information content (AvgIpc) is 2.18. The van der Waals surface area contributed by atoms with Crippen molar-refractivity contribution < 1.29 is 9.90 Å². The molecule has 0 aliphatic heterocycles. The third kappa shape index (κ3) is 2.53. The van der Waals surface area contributed by atoms with E-state index < -0.39 is 5.97 Å². The standard InChI is InChI=1S/C10H14N2O2/c1-2-3-8(11)7-4-5-9(10(13)14)12-6-7/h4-6,8H,2-3,11H2,1H3,(H,13,14)/t8-/m1/s1. The third-order valence-electron chi connectivity index (χ3n) is 2.03. The van der Waals surface area contributed by atoms with Crippen LogP contribution >= 0.6 is 0 Å². The Kier molecular flexibility index (Phi) is 3.59. The molecule has 0 saturated carbocycles. The van der Waals surface area contributed by atoms with Gasteiger partial charge >= 0.3 is 5.97 Å². The first kappa shape index (κ1) is 10.7. The van der Waals surface area contributed by atoms with Gasteiger partial charge in [-0.3, -0.25) is 0 Å². The lowest BCUT2D eigenvalue weighted by molar-refractivity contribution is 0.0690. The summed E-state index contributed by atoms with van der Waals surface area (Å²) in [5.74, 6) is -1.01. The van der Waals surface area contributed by atoms with E-state index >= 15 is 0 Å². The molecule has 0 bridgehead atoms. The number of hydrogen-bond donors (Lipinski definition) is 2. The van der Waals surface area contributed by atoms with E-state index in [0.717, 1.165) is 18.4 Å². The van der Waals surface area contributed by atoms with Crippen molar-refractivity contribution in [2.24, 2.45) is 5.73 Å². The summed E-state index contributed by atoms with van der Waals surface area (Å²) in [6.45, 7) is 2.05. The predicted octanol–water partition coefficient (Wildman–Crippen LogP) is 1.58. The highest BCUT2D eigenvalue weighted by Gasteiger charge is 2.07. The van der Waals surface area contributed by atoms with Crippen LogP contribution in [-0.2, 0) is 0 Å². The van der Waals surface area contributed by atoms with Gasteiger partial charge < -0.3 is 10.8 Å². The fourth-order valence-electron chi connectivity index (χ4n) is 1.23. The minimum absolute atomic E-state index is 0.0460. The highest BCUT2D eigenvalue weighted by atomic mass is 16.4. The van der Waals surface area contributed by atoms with Crippen molar-refractivity contribution in [2.45, 2.75) is 25.8 Å². The second-order valence-corrected chi connectivity index (χ2v) is 3.18. The normalized spacial score (nSPS) is 12.4. The van der Waals surface area contributed by atoms with Gasteiger partial charge in [-0.25, -0.2) is 9.78 Å². The van der Waals surface area contributed by atoms with Crippen molar-refractivity contribution in [3.05, 3.63) is 29.6 Å². The van der Waals surface area contributed by atoms with E-state index in [-0.39, 0.29) is 11.7 Å². The summed E-state index contributed by atoms with van der Waals surface area (Å²) in [7, 11) is 0. The zero-order valence-corrected chi connectivity index (χ0v) is 8.10. The van der Waals surface area contributed by atoms with Crippen molar-refractivity contribution in [3.63, 3.8) is 0 Å². The Hall–Kier alpha value is -1.42. The fraction of sp³-hybridized carbons (Fsp3) is 0.400. The first-order valence-electron chi connectivity index (χ1n) is 4.60. The van der Waals surface area contributed by atoms with Crippen LogP contribution < -0.4 is 5.73 Å². The van der Waals surface area contributed by atoms with Gasteiger partial charge in [0, 0.05) is 12.2 Å². The van der Waals surface area contributed by atoms with Crippen molar-refractivity contribution in [1.29, 1.82) is 0 Å². The number of carbonyl (C=O) groups is 1. The SMILES string of the molecule is CCC[C@@H](N)c1ccc(C(=O)O)nc1. The molecule has 3 N–H and O–H groups in total. The number of hydrogen-bond acceptors (Lipinski definition) is 3. The number of nitrogens with zero attached hydrogens (tertiary/aromatic N) is 1. The minimum Gasteiger partial charge on any atom is -0.477 e. The molecule has 0 saturated heterocycles. The molecule has 0 aliphatic carbocycles. The van der Waals surface area contributed by atoms with Gasteiger partial charge in [0.25, 0.3) is 0 Å². The van der Waals surface area contributed by atoms with Gasteiger partial charge in [0.1, 0.15) is 5.69 Å². The number of nitrogens with two attached hydrogens (primary N) is 1. The number of carboxylic acid groups (broad SMARTS) is 1. The topological polar surface area (TPSA) is 76.2 Å². The van der Waals surface area contributed by atoms with Crippen LogP contribution in [0.3, 0.4) is 0 Å². The molecule has 76 valence electrons. The molecule has 1 rings (SSSR count). The number of pyridine rings is 1. The van der Waals surface area contributed by atoms with Crippen LogP contribution in [0.5, 0.6) is 0 Å². The number of aromatic carboxylic acids is 1. The Labute approximate surface area is 82.8 Å². The lowest BCUT2D eigenvalue weighted by Crippen LogP contribution is -2.11. The van der Waals surface area contributed by atoms with Crippen molar-refractivity contribution in [2.75, 3.05) is 0 Å². The monoisotopic (exact) mass is 194 g/mol. The summed E-state index contributed by atoms with van der Waals surface area (Å²) in [5, 5.41) is 8.62. The number of aromatic nitrogens is 1. The van der Waals surface area contributed by atoms with Gasteiger partial charge in [-0.15, -0.1) is 0 Å². The predicted molar refractivity (Wildman–Crippen MR) is 53.0 cm³/mol. The molecular weight excluding hydrogens is 180 g/mol. The van der Waals surface area contributed by atoms with Crippen LogP contribution in [0.4, 0.5) is 0 Å². The molecule has 0 aliphatic rings. The Balaban J connectivity index is 2.77. The fourth-order valence-corrected chi connectivity index (χ4v) is 1.23. The highest BCUT2D eigenvalue weighted by Crippen LogP contribution is 2.14. The molecule has 4 nitrogen and oxygen atoms in total. The van der Waals surface area contributed by atoms with Gasteiger partial charge in [0.15, 0.2) is 0 Å². The maximum atomic E-state index is 10.5. The minimum atomic E-state index is -1.01. The van der Waals surface area contributed by atoms with Crippen LogP contribution in [0.25, 0.3) is 0 Å². The molecule has 0 fully saturated rings. The van der Waals surface area contributed by atoms with Crippen LogP contribution in [-0.4, -0.2) is 16.1 Å². The molecule has 0 unspecified atom stereocenters. The Morgan fingerprint density at radius 1 is 1.64 bits per heavy atom. The van der Waals surface area contributed by atoms with E-state index in [4.69, 9.17) is 10.8 Å². The Morgan fingerprint density at radius 3 is 2.79 bits per heavy atom. The summed E-state index contributed by atoms with van der Waals surface area (Å²) in [4.78, 5) is 14.3. The molecule has 14 heavy (non-hydrogen) atoms. The van der Waals surface area contributed by atoms with Crippen LogP contribution in [0.2, 0.25) is 0 Å². The summed E-state index contributed by atoms with van der Waals surface area (Å²) < 4.78 is 0. The summed E-state index contributed by atoms with van der Waals surface area (Å²) in [6, 6.07) is 3.15. The Bertz CT molecular complexity index is 308. The van der Waals surface area contributed by atoms with Crippen molar-refractivity contribution in [1.82, 2.24) is 4.98 Å². The highest BCUT2D eigenvalue weighted by molar-refractivity contribution is 5.85. The van der Waals surface area contributed by atoms with E-state index in [0.29, 0.717) is 0 Å². The molecule has 1 heterocycles. The van der Waals surface area contributed by atoms with Crippen LogP contribution in [0.15, 0.2) is 18.3 Å². The zero-order chi connectivity index (χ0) is 10.6.